The van der Waals surface area contributed by atoms with Gasteiger partial charge in [-0.3, -0.25) is 4.79 Å². The maximum atomic E-state index is 12.4. The Balaban J connectivity index is 2.07. The minimum Gasteiger partial charge on any atom is -0.377 e. The van der Waals surface area contributed by atoms with Crippen LogP contribution in [0.5, 0.6) is 0 Å². The van der Waals surface area contributed by atoms with E-state index in [0.717, 1.165) is 5.56 Å². The first-order valence-corrected chi connectivity index (χ1v) is 6.33. The largest absolute Gasteiger partial charge is 0.377 e. The molecule has 1 amide bonds. The van der Waals surface area contributed by atoms with Gasteiger partial charge >= 0.3 is 0 Å². The fraction of sp³-hybridized carbons (Fsp3) is 0.500. The highest BCUT2D eigenvalue weighted by Gasteiger charge is 2.35. The highest BCUT2D eigenvalue weighted by molar-refractivity contribution is 5.94. The predicted octanol–water partition coefficient (Wildman–Crippen LogP) is 0.631. The molecule has 2 atom stereocenters. The van der Waals surface area contributed by atoms with Crippen LogP contribution in [0.15, 0.2) is 24.3 Å². The van der Waals surface area contributed by atoms with Crippen molar-refractivity contribution < 1.29 is 14.3 Å². The molecule has 1 aliphatic rings. The molecule has 0 spiro atoms. The van der Waals surface area contributed by atoms with E-state index in [1.54, 1.807) is 19.1 Å². The molecule has 0 aromatic heterocycles. The number of carbonyl (C=O) groups is 1. The van der Waals surface area contributed by atoms with Crippen LogP contribution in [0, 0.1) is 0 Å². The van der Waals surface area contributed by atoms with Gasteiger partial charge in [-0.15, -0.1) is 0 Å². The molecular formula is C14H20N2O3. The van der Waals surface area contributed by atoms with Crippen molar-refractivity contribution in [3.63, 3.8) is 0 Å². The smallest absolute Gasteiger partial charge is 0.254 e. The topological polar surface area (TPSA) is 64.8 Å². The summed E-state index contributed by atoms with van der Waals surface area (Å²) in [5.74, 6) is 0.00479. The van der Waals surface area contributed by atoms with Crippen LogP contribution in [0.4, 0.5) is 0 Å². The Kier molecular flexibility index (Phi) is 4.52. The van der Waals surface area contributed by atoms with Gasteiger partial charge in [0.25, 0.3) is 5.91 Å². The molecule has 1 aliphatic heterocycles. The Bertz CT molecular complexity index is 421. The zero-order valence-electron chi connectivity index (χ0n) is 11.3. The number of nitrogens with two attached hydrogens (primary N) is 1. The quantitative estimate of drug-likeness (QED) is 0.866. The number of carbonyl (C=O) groups excluding carboxylic acids is 1. The fourth-order valence-corrected chi connectivity index (χ4v) is 2.33. The zero-order chi connectivity index (χ0) is 13.8. The van der Waals surface area contributed by atoms with Crippen molar-refractivity contribution in [1.82, 2.24) is 4.90 Å². The maximum Gasteiger partial charge on any atom is 0.254 e. The van der Waals surface area contributed by atoms with Crippen LogP contribution in [0.1, 0.15) is 15.9 Å². The van der Waals surface area contributed by atoms with Gasteiger partial charge < -0.3 is 20.1 Å². The van der Waals surface area contributed by atoms with Gasteiger partial charge in [-0.05, 0) is 17.7 Å². The highest BCUT2D eigenvalue weighted by atomic mass is 16.5. The third-order valence-electron chi connectivity index (χ3n) is 3.54. The molecule has 0 bridgehead atoms. The van der Waals surface area contributed by atoms with Crippen molar-refractivity contribution in [1.29, 1.82) is 0 Å². The van der Waals surface area contributed by atoms with Crippen molar-refractivity contribution in [2.75, 3.05) is 27.3 Å². The zero-order valence-corrected chi connectivity index (χ0v) is 11.3. The third-order valence-corrected chi connectivity index (χ3v) is 3.54. The molecule has 1 aromatic carbocycles. The lowest BCUT2D eigenvalue weighted by Crippen LogP contribution is -2.30. The summed E-state index contributed by atoms with van der Waals surface area (Å²) in [7, 11) is 3.28. The average Bonchev–Trinajstić information content (AvgIpc) is 2.89. The lowest BCUT2D eigenvalue weighted by molar-refractivity contribution is -0.00461. The number of methoxy groups -OCH3 is 2. The molecule has 2 N–H and O–H groups in total. The van der Waals surface area contributed by atoms with Crippen LogP contribution < -0.4 is 5.73 Å². The van der Waals surface area contributed by atoms with Crippen LogP contribution in [-0.2, 0) is 16.0 Å². The summed E-state index contributed by atoms with van der Waals surface area (Å²) in [6.07, 6.45) is -0.116. The predicted molar refractivity (Wildman–Crippen MR) is 71.8 cm³/mol. The third kappa shape index (κ3) is 2.94. The second kappa shape index (κ2) is 6.14. The highest BCUT2D eigenvalue weighted by Crippen LogP contribution is 2.18. The molecule has 0 aliphatic carbocycles. The first-order chi connectivity index (χ1) is 9.19. The maximum absolute atomic E-state index is 12.4. The Morgan fingerprint density at radius 2 is 1.74 bits per heavy atom. The summed E-state index contributed by atoms with van der Waals surface area (Å²) in [5.41, 5.74) is 7.23. The minimum absolute atomic E-state index is 0.00479. The van der Waals surface area contributed by atoms with E-state index in [1.807, 2.05) is 24.3 Å². The number of hydrogen-bond acceptors (Lipinski definition) is 4. The summed E-state index contributed by atoms with van der Waals surface area (Å²) in [6, 6.07) is 7.38. The van der Waals surface area contributed by atoms with Gasteiger partial charge in [-0.1, -0.05) is 12.1 Å². The molecule has 5 heteroatoms. The van der Waals surface area contributed by atoms with E-state index in [0.29, 0.717) is 25.2 Å². The summed E-state index contributed by atoms with van der Waals surface area (Å²) >= 11 is 0. The molecule has 2 rings (SSSR count). The van der Waals surface area contributed by atoms with Crippen LogP contribution in [0.2, 0.25) is 0 Å². The molecule has 0 radical (unpaired) electrons. The van der Waals surface area contributed by atoms with Gasteiger partial charge in [0.2, 0.25) is 0 Å². The molecule has 1 saturated heterocycles. The number of nitrogens with zero attached hydrogens (tertiary/aromatic N) is 1. The monoisotopic (exact) mass is 264 g/mol. The normalized spacial score (nSPS) is 22.8. The number of benzene rings is 1. The van der Waals surface area contributed by atoms with E-state index < -0.39 is 0 Å². The fourth-order valence-electron chi connectivity index (χ4n) is 2.33. The first-order valence-electron chi connectivity index (χ1n) is 6.33. The lowest BCUT2D eigenvalue weighted by atomic mass is 10.1. The molecule has 104 valence electrons. The van der Waals surface area contributed by atoms with Crippen molar-refractivity contribution in [3.05, 3.63) is 35.4 Å². The van der Waals surface area contributed by atoms with Gasteiger partial charge in [0.15, 0.2) is 0 Å². The molecule has 5 nitrogen and oxygen atoms in total. The van der Waals surface area contributed by atoms with Crippen LogP contribution in [0.25, 0.3) is 0 Å². The number of amides is 1. The molecule has 1 fully saturated rings. The molecule has 2 unspecified atom stereocenters. The standard InChI is InChI=1S/C14H20N2O3/c1-18-12-8-16(9-13(12)19-2)14(17)11-5-3-10(7-15)4-6-11/h3-6,12-13H,7-9,15H2,1-2H3. The van der Waals surface area contributed by atoms with Crippen molar-refractivity contribution in [2.45, 2.75) is 18.8 Å². The Labute approximate surface area is 113 Å². The first kappa shape index (κ1) is 14.0. The Morgan fingerprint density at radius 3 is 2.16 bits per heavy atom. The summed E-state index contributed by atoms with van der Waals surface area (Å²) in [5, 5.41) is 0. The van der Waals surface area contributed by atoms with Gasteiger partial charge in [0, 0.05) is 39.4 Å². The SMILES string of the molecule is COC1CN(C(=O)c2ccc(CN)cc2)CC1OC. The van der Waals surface area contributed by atoms with E-state index in [-0.39, 0.29) is 18.1 Å². The second-order valence-electron chi connectivity index (χ2n) is 4.66. The molecule has 0 saturated carbocycles. The summed E-state index contributed by atoms with van der Waals surface area (Å²) in [6.45, 7) is 1.61. The Hall–Kier alpha value is -1.43. The lowest BCUT2D eigenvalue weighted by Gasteiger charge is -2.15. The van der Waals surface area contributed by atoms with E-state index in [4.69, 9.17) is 15.2 Å². The van der Waals surface area contributed by atoms with E-state index >= 15 is 0 Å². The molecule has 1 heterocycles. The minimum atomic E-state index is -0.0581. The van der Waals surface area contributed by atoms with E-state index in [1.165, 1.54) is 0 Å². The molecular weight excluding hydrogens is 244 g/mol. The van der Waals surface area contributed by atoms with Crippen molar-refractivity contribution in [3.8, 4) is 0 Å². The number of rotatable bonds is 4. The molecule has 1 aromatic rings. The average molecular weight is 264 g/mol. The van der Waals surface area contributed by atoms with Gasteiger partial charge in [-0.25, -0.2) is 0 Å². The second-order valence-corrected chi connectivity index (χ2v) is 4.66. The van der Waals surface area contributed by atoms with Gasteiger partial charge in [-0.2, -0.15) is 0 Å². The number of ether oxygens (including phenoxy) is 2. The van der Waals surface area contributed by atoms with E-state index in [2.05, 4.69) is 0 Å². The van der Waals surface area contributed by atoms with Crippen LogP contribution in [0.3, 0.4) is 0 Å². The van der Waals surface area contributed by atoms with Gasteiger partial charge in [0.05, 0.1) is 0 Å². The number of likely N-dealkylation sites (tertiary alicyclic amines) is 1. The Morgan fingerprint density at radius 1 is 1.21 bits per heavy atom. The van der Waals surface area contributed by atoms with Crippen molar-refractivity contribution >= 4 is 5.91 Å². The molecule has 19 heavy (non-hydrogen) atoms. The van der Waals surface area contributed by atoms with Crippen molar-refractivity contribution in [2.24, 2.45) is 5.73 Å². The van der Waals surface area contributed by atoms with E-state index in [9.17, 15) is 4.79 Å². The summed E-state index contributed by atoms with van der Waals surface area (Å²) < 4.78 is 10.7. The van der Waals surface area contributed by atoms with Crippen LogP contribution in [-0.4, -0.2) is 50.3 Å². The number of hydrogen-bond donors (Lipinski definition) is 1. The van der Waals surface area contributed by atoms with Gasteiger partial charge in [0.1, 0.15) is 12.2 Å². The van der Waals surface area contributed by atoms with Crippen LogP contribution >= 0.6 is 0 Å². The summed E-state index contributed by atoms with van der Waals surface area (Å²) in [4.78, 5) is 14.1.